The zero-order valence-corrected chi connectivity index (χ0v) is 21.7. The number of amides is 2. The predicted molar refractivity (Wildman–Crippen MR) is 133 cm³/mol. The molecule has 1 heterocycles. The summed E-state index contributed by atoms with van der Waals surface area (Å²) in [6.07, 6.45) is -2.59. The van der Waals surface area contributed by atoms with E-state index in [0.717, 1.165) is 17.0 Å². The van der Waals surface area contributed by atoms with Gasteiger partial charge in [0.2, 0.25) is 5.76 Å². The molecule has 37 heavy (non-hydrogen) atoms. The van der Waals surface area contributed by atoms with Crippen molar-refractivity contribution in [1.29, 1.82) is 0 Å². The van der Waals surface area contributed by atoms with E-state index in [1.807, 2.05) is 13.5 Å². The third-order valence-corrected chi connectivity index (χ3v) is 8.64. The van der Waals surface area contributed by atoms with Crippen LogP contribution in [0.3, 0.4) is 0 Å². The topological polar surface area (TPSA) is 105 Å². The summed E-state index contributed by atoms with van der Waals surface area (Å²) in [5.74, 6) is -2.55. The second-order valence-corrected chi connectivity index (χ2v) is 11.8. The zero-order chi connectivity index (χ0) is 27.1. The summed E-state index contributed by atoms with van der Waals surface area (Å²) in [4.78, 5) is 27.4. The van der Waals surface area contributed by atoms with Crippen molar-refractivity contribution in [3.05, 3.63) is 71.2 Å². The largest absolute Gasteiger partial charge is 0.491 e. The quantitative estimate of drug-likeness (QED) is 0.362. The van der Waals surface area contributed by atoms with Crippen LogP contribution in [0.2, 0.25) is 12.6 Å². The van der Waals surface area contributed by atoms with Crippen LogP contribution in [0, 0.1) is 5.82 Å². The SMILES string of the molecule is CC[SiH](C)c1ccc(NC(=O)C(c2ccc(COCC(F)F)cc2)N(C)C(=O)c2cc(O)no2)cc1F. The number of benzene rings is 2. The smallest absolute Gasteiger partial charge is 0.293 e. The van der Waals surface area contributed by atoms with E-state index in [4.69, 9.17) is 9.26 Å². The van der Waals surface area contributed by atoms with Gasteiger partial charge in [-0.2, -0.15) is 0 Å². The Morgan fingerprint density at radius 1 is 1.19 bits per heavy atom. The molecule has 0 radical (unpaired) electrons. The molecule has 0 spiro atoms. The molecule has 12 heteroatoms. The van der Waals surface area contributed by atoms with E-state index in [-0.39, 0.29) is 18.1 Å². The Morgan fingerprint density at radius 2 is 1.89 bits per heavy atom. The summed E-state index contributed by atoms with van der Waals surface area (Å²) >= 11 is 0. The molecule has 0 aliphatic rings. The van der Waals surface area contributed by atoms with E-state index in [1.165, 1.54) is 13.1 Å². The Kier molecular flexibility index (Phi) is 9.47. The summed E-state index contributed by atoms with van der Waals surface area (Å²) in [5.41, 5.74) is 1.20. The van der Waals surface area contributed by atoms with Crippen molar-refractivity contribution in [2.75, 3.05) is 19.0 Å². The Hall–Kier alpha value is -3.64. The third-order valence-electron chi connectivity index (χ3n) is 5.88. The summed E-state index contributed by atoms with van der Waals surface area (Å²) in [6, 6.07) is 11.5. The molecule has 2 amide bonds. The monoisotopic (exact) mass is 535 g/mol. The fourth-order valence-electron chi connectivity index (χ4n) is 3.71. The van der Waals surface area contributed by atoms with Crippen LogP contribution in [0.15, 0.2) is 53.1 Å². The summed E-state index contributed by atoms with van der Waals surface area (Å²) in [7, 11) is -0.0502. The molecule has 0 aliphatic carbocycles. The normalized spacial score (nSPS) is 12.8. The average molecular weight is 536 g/mol. The molecule has 2 atom stereocenters. The number of ether oxygens (including phenoxy) is 1. The Bertz CT molecular complexity index is 1220. The molecule has 198 valence electrons. The van der Waals surface area contributed by atoms with Gasteiger partial charge >= 0.3 is 0 Å². The van der Waals surface area contributed by atoms with Crippen LogP contribution < -0.4 is 10.5 Å². The van der Waals surface area contributed by atoms with E-state index in [0.29, 0.717) is 16.3 Å². The molecule has 8 nitrogen and oxygen atoms in total. The second-order valence-electron chi connectivity index (χ2n) is 8.55. The van der Waals surface area contributed by atoms with E-state index < -0.39 is 51.4 Å². The molecule has 0 saturated carbocycles. The highest BCUT2D eigenvalue weighted by molar-refractivity contribution is 6.72. The molecule has 3 rings (SSSR count). The number of carbonyl (C=O) groups excluding carboxylic acids is 2. The van der Waals surface area contributed by atoms with Crippen LogP contribution in [0.4, 0.5) is 18.9 Å². The van der Waals surface area contributed by atoms with Gasteiger partial charge in [-0.25, -0.2) is 13.2 Å². The number of aromatic nitrogens is 1. The van der Waals surface area contributed by atoms with Crippen LogP contribution in [-0.4, -0.2) is 55.9 Å². The van der Waals surface area contributed by atoms with Crippen molar-refractivity contribution >= 4 is 31.5 Å². The number of nitrogens with zero attached hydrogens (tertiary/aromatic N) is 2. The maximum Gasteiger partial charge on any atom is 0.293 e. The van der Waals surface area contributed by atoms with Gasteiger partial charge in [-0.05, 0) is 33.6 Å². The molecule has 2 aromatic carbocycles. The van der Waals surface area contributed by atoms with Crippen LogP contribution in [0.5, 0.6) is 5.88 Å². The summed E-state index contributed by atoms with van der Waals surface area (Å²) in [5, 5.41) is 16.0. The van der Waals surface area contributed by atoms with E-state index in [1.54, 1.807) is 36.4 Å². The lowest BCUT2D eigenvalue weighted by atomic mass is 10.0. The van der Waals surface area contributed by atoms with Gasteiger partial charge in [-0.1, -0.05) is 49.8 Å². The van der Waals surface area contributed by atoms with Crippen LogP contribution in [0.1, 0.15) is 34.6 Å². The lowest BCUT2D eigenvalue weighted by Gasteiger charge is -2.27. The highest BCUT2D eigenvalue weighted by Crippen LogP contribution is 2.25. The maximum atomic E-state index is 14.7. The molecule has 1 aromatic heterocycles. The van der Waals surface area contributed by atoms with Gasteiger partial charge in [0.1, 0.15) is 18.5 Å². The lowest BCUT2D eigenvalue weighted by Crippen LogP contribution is -2.38. The van der Waals surface area contributed by atoms with Crippen molar-refractivity contribution in [3.8, 4) is 5.88 Å². The van der Waals surface area contributed by atoms with Gasteiger partial charge in [0.05, 0.1) is 21.5 Å². The molecule has 2 unspecified atom stereocenters. The fourth-order valence-corrected chi connectivity index (χ4v) is 5.12. The fraction of sp³-hybridized carbons (Fsp3) is 0.320. The van der Waals surface area contributed by atoms with Gasteiger partial charge in [0, 0.05) is 12.7 Å². The second kappa shape index (κ2) is 12.5. The molecule has 0 bridgehead atoms. The molecular weight excluding hydrogens is 507 g/mol. The zero-order valence-electron chi connectivity index (χ0n) is 20.6. The average Bonchev–Trinajstić information content (AvgIpc) is 3.30. The van der Waals surface area contributed by atoms with Gasteiger partial charge in [-0.15, -0.1) is 0 Å². The first-order valence-electron chi connectivity index (χ1n) is 11.6. The van der Waals surface area contributed by atoms with Crippen molar-refractivity contribution in [3.63, 3.8) is 0 Å². The molecule has 0 aliphatic heterocycles. The number of hydrogen-bond acceptors (Lipinski definition) is 6. The highest BCUT2D eigenvalue weighted by atomic mass is 28.3. The number of hydrogen-bond donors (Lipinski definition) is 2. The van der Waals surface area contributed by atoms with Gasteiger partial charge in [0.25, 0.3) is 24.1 Å². The minimum Gasteiger partial charge on any atom is -0.491 e. The molecule has 3 aromatic rings. The van der Waals surface area contributed by atoms with Crippen LogP contribution >= 0.6 is 0 Å². The van der Waals surface area contributed by atoms with Gasteiger partial charge in [0.15, 0.2) is 0 Å². The molecule has 2 N–H and O–H groups in total. The molecule has 0 fully saturated rings. The lowest BCUT2D eigenvalue weighted by molar-refractivity contribution is -0.120. The Balaban J connectivity index is 1.87. The summed E-state index contributed by atoms with van der Waals surface area (Å²) < 4.78 is 49.1. The number of anilines is 1. The van der Waals surface area contributed by atoms with Crippen molar-refractivity contribution in [1.82, 2.24) is 10.1 Å². The third kappa shape index (κ3) is 7.20. The van der Waals surface area contributed by atoms with E-state index in [2.05, 4.69) is 10.5 Å². The van der Waals surface area contributed by atoms with E-state index >= 15 is 0 Å². The number of rotatable bonds is 11. The number of nitrogens with one attached hydrogen (secondary N) is 1. The number of likely N-dealkylation sites (N-methyl/N-ethyl adjacent to an activating group) is 1. The van der Waals surface area contributed by atoms with Crippen LogP contribution in [-0.2, 0) is 16.1 Å². The Morgan fingerprint density at radius 3 is 2.46 bits per heavy atom. The van der Waals surface area contributed by atoms with Crippen molar-refractivity contribution < 1.29 is 37.1 Å². The van der Waals surface area contributed by atoms with Gasteiger partial charge in [-0.3, -0.25) is 9.59 Å². The minimum atomic E-state index is -2.59. The first kappa shape index (κ1) is 27.9. The van der Waals surface area contributed by atoms with Crippen LogP contribution in [0.25, 0.3) is 0 Å². The highest BCUT2D eigenvalue weighted by Gasteiger charge is 2.31. The molecule has 0 saturated heterocycles. The number of carbonyl (C=O) groups is 2. The van der Waals surface area contributed by atoms with Crippen molar-refractivity contribution in [2.24, 2.45) is 0 Å². The number of alkyl halides is 2. The molecular formula is C25H28F3N3O5Si. The first-order chi connectivity index (χ1) is 17.6. The summed E-state index contributed by atoms with van der Waals surface area (Å²) in [6.45, 7) is 3.28. The number of aromatic hydroxyl groups is 1. The first-order valence-corrected chi connectivity index (χ1v) is 14.1. The Labute approximate surface area is 213 Å². The predicted octanol–water partition coefficient (Wildman–Crippen LogP) is 3.84. The maximum absolute atomic E-state index is 14.7. The van der Waals surface area contributed by atoms with Gasteiger partial charge < -0.3 is 24.6 Å². The number of halogens is 3. The van der Waals surface area contributed by atoms with Crippen molar-refractivity contribution in [2.45, 2.75) is 38.6 Å². The minimum absolute atomic E-state index is 0.0568. The standard InChI is InChI=1S/C25H28F3N3O5Si/c1-4-37(3)20-10-9-17(11-18(20)26)29-24(33)23(31(2)25(34)19-12-22(32)30-36-19)16-7-5-15(6-8-16)13-35-14-21(27)28/h5-12,21,23,37H,4,13-14H2,1-3H3,(H,29,33)(H,30,32). The van der Waals surface area contributed by atoms with E-state index in [9.17, 15) is 27.9 Å².